The van der Waals surface area contributed by atoms with Crippen LogP contribution in [-0.2, 0) is 0 Å². The number of hydrogen-bond acceptors (Lipinski definition) is 0. The van der Waals surface area contributed by atoms with Crippen LogP contribution in [0.15, 0.2) is 0 Å². The fraction of sp³-hybridized carbons (Fsp3) is 1.00. The van der Waals surface area contributed by atoms with Crippen LogP contribution in [0.5, 0.6) is 0 Å². The SMILES string of the molecule is CCCCCCCCC[CH2][Sn+]([F])[F]. The van der Waals surface area contributed by atoms with Gasteiger partial charge in [0.25, 0.3) is 0 Å². The molecule has 0 saturated heterocycles. The van der Waals surface area contributed by atoms with Crippen molar-refractivity contribution in [2.75, 3.05) is 0 Å². The topological polar surface area (TPSA) is 0 Å². The van der Waals surface area contributed by atoms with Crippen molar-refractivity contribution in [2.45, 2.75) is 62.7 Å². The van der Waals surface area contributed by atoms with Crippen LogP contribution in [0, 0.1) is 0 Å². The van der Waals surface area contributed by atoms with Gasteiger partial charge in [0.05, 0.1) is 0 Å². The summed E-state index contributed by atoms with van der Waals surface area (Å²) in [4.78, 5) is 0. The molecule has 0 fully saturated rings. The van der Waals surface area contributed by atoms with Crippen molar-refractivity contribution in [1.82, 2.24) is 0 Å². The summed E-state index contributed by atoms with van der Waals surface area (Å²) in [6.45, 7) is 2.20. The van der Waals surface area contributed by atoms with Crippen LogP contribution in [0.2, 0.25) is 4.44 Å². The Kier molecular flexibility index (Phi) is 11.3. The summed E-state index contributed by atoms with van der Waals surface area (Å²) in [6.07, 6.45) is 9.46. The molecular weight excluding hydrogens is 277 g/mol. The molecule has 0 amide bonds. The summed E-state index contributed by atoms with van der Waals surface area (Å²) in [7, 11) is 0. The third-order valence-corrected chi connectivity index (χ3v) is 4.31. The maximum atomic E-state index is 11.9. The molecule has 0 rings (SSSR count). The molecule has 0 nitrogen and oxygen atoms in total. The number of unbranched alkanes of at least 4 members (excludes halogenated alkanes) is 7. The predicted molar refractivity (Wildman–Crippen MR) is 55.4 cm³/mol. The van der Waals surface area contributed by atoms with Gasteiger partial charge in [-0.2, -0.15) is 0 Å². The van der Waals surface area contributed by atoms with E-state index in [2.05, 4.69) is 6.92 Å². The molecule has 0 aromatic rings. The molecular formula is C10H21F2Sn+. The summed E-state index contributed by atoms with van der Waals surface area (Å²) in [6, 6.07) is 0. The monoisotopic (exact) mass is 299 g/mol. The summed E-state index contributed by atoms with van der Waals surface area (Å²) >= 11 is -3.72. The quantitative estimate of drug-likeness (QED) is 0.432. The first kappa shape index (κ1) is 13.7. The van der Waals surface area contributed by atoms with E-state index in [0.29, 0.717) is 0 Å². The zero-order valence-corrected chi connectivity index (χ0v) is 11.5. The normalized spacial score (nSPS) is 10.4. The standard InChI is InChI=1S/C10H21.2FH.Sn/c1-3-5-7-9-10-8-6-4-2;;;/h1,3-10H2,2H3;2*1H;/q;;;+3/p-2. The van der Waals surface area contributed by atoms with E-state index in [1.165, 1.54) is 38.5 Å². The fourth-order valence-corrected chi connectivity index (χ4v) is 2.87. The van der Waals surface area contributed by atoms with Gasteiger partial charge in [-0.15, -0.1) is 0 Å². The Bertz CT molecular complexity index is 96.9. The Balaban J connectivity index is 2.84. The molecule has 0 aliphatic carbocycles. The molecule has 13 heavy (non-hydrogen) atoms. The third kappa shape index (κ3) is 12.7. The van der Waals surface area contributed by atoms with Crippen LogP contribution in [-0.4, -0.2) is 20.9 Å². The second kappa shape index (κ2) is 10.7. The summed E-state index contributed by atoms with van der Waals surface area (Å²) in [5, 5.41) is 0. The number of rotatable bonds is 9. The van der Waals surface area contributed by atoms with E-state index in [1.807, 2.05) is 0 Å². The average molecular weight is 298 g/mol. The minimum absolute atomic E-state index is 0.289. The van der Waals surface area contributed by atoms with E-state index in [-0.39, 0.29) is 4.44 Å². The van der Waals surface area contributed by atoms with E-state index < -0.39 is 20.9 Å². The van der Waals surface area contributed by atoms with Gasteiger partial charge in [0.1, 0.15) is 0 Å². The van der Waals surface area contributed by atoms with Crippen molar-refractivity contribution >= 4 is 20.9 Å². The van der Waals surface area contributed by atoms with Gasteiger partial charge in [-0.05, 0) is 0 Å². The molecule has 0 aromatic heterocycles. The van der Waals surface area contributed by atoms with Crippen molar-refractivity contribution in [3.63, 3.8) is 0 Å². The third-order valence-electron chi connectivity index (χ3n) is 2.22. The van der Waals surface area contributed by atoms with Crippen molar-refractivity contribution < 1.29 is 5.73 Å². The van der Waals surface area contributed by atoms with Gasteiger partial charge >= 0.3 is 89.4 Å². The summed E-state index contributed by atoms with van der Waals surface area (Å²) in [5.74, 6) is 0. The Morgan fingerprint density at radius 3 is 1.69 bits per heavy atom. The molecule has 0 N–H and O–H groups in total. The Hall–Kier alpha value is 0.659. The second-order valence-corrected chi connectivity index (χ2v) is 6.92. The van der Waals surface area contributed by atoms with Gasteiger partial charge in [-0.3, -0.25) is 0 Å². The van der Waals surface area contributed by atoms with Crippen LogP contribution in [0.1, 0.15) is 58.3 Å². The minimum atomic E-state index is -3.72. The van der Waals surface area contributed by atoms with E-state index in [0.717, 1.165) is 12.8 Å². The Morgan fingerprint density at radius 2 is 1.23 bits per heavy atom. The second-order valence-electron chi connectivity index (χ2n) is 3.56. The maximum absolute atomic E-state index is 11.9. The average Bonchev–Trinajstić information content (AvgIpc) is 2.09. The first-order valence-corrected chi connectivity index (χ1v) is 9.61. The van der Waals surface area contributed by atoms with E-state index in [9.17, 15) is 5.73 Å². The molecule has 0 unspecified atom stereocenters. The summed E-state index contributed by atoms with van der Waals surface area (Å²) in [5.41, 5.74) is 0. The van der Waals surface area contributed by atoms with Crippen LogP contribution >= 0.6 is 0 Å². The van der Waals surface area contributed by atoms with Crippen LogP contribution in [0.3, 0.4) is 0 Å². The number of hydrogen-bond donors (Lipinski definition) is 0. The van der Waals surface area contributed by atoms with Crippen molar-refractivity contribution in [2.24, 2.45) is 0 Å². The molecule has 0 heterocycles. The van der Waals surface area contributed by atoms with Gasteiger partial charge in [-0.1, -0.05) is 0 Å². The molecule has 0 aliphatic rings. The Morgan fingerprint density at radius 1 is 0.769 bits per heavy atom. The molecule has 0 bridgehead atoms. The van der Waals surface area contributed by atoms with Crippen molar-refractivity contribution in [1.29, 1.82) is 0 Å². The zero-order valence-electron chi connectivity index (χ0n) is 8.62. The van der Waals surface area contributed by atoms with E-state index in [4.69, 9.17) is 0 Å². The molecule has 0 aromatic carbocycles. The first-order valence-electron chi connectivity index (χ1n) is 5.44. The summed E-state index contributed by atoms with van der Waals surface area (Å²) < 4.78 is 24.1. The van der Waals surface area contributed by atoms with Crippen LogP contribution in [0.4, 0.5) is 5.73 Å². The predicted octanol–water partition coefficient (Wildman–Crippen LogP) is 4.55. The molecule has 78 valence electrons. The molecule has 0 saturated carbocycles. The van der Waals surface area contributed by atoms with Gasteiger partial charge in [0.2, 0.25) is 0 Å². The van der Waals surface area contributed by atoms with Gasteiger partial charge in [0, 0.05) is 0 Å². The number of halogens is 2. The van der Waals surface area contributed by atoms with Gasteiger partial charge < -0.3 is 0 Å². The molecule has 0 aliphatic heterocycles. The van der Waals surface area contributed by atoms with Gasteiger partial charge in [0.15, 0.2) is 0 Å². The van der Waals surface area contributed by atoms with Crippen LogP contribution in [0.25, 0.3) is 0 Å². The van der Waals surface area contributed by atoms with E-state index >= 15 is 0 Å². The van der Waals surface area contributed by atoms with Crippen LogP contribution < -0.4 is 0 Å². The molecule has 0 radical (unpaired) electrons. The first-order chi connectivity index (χ1) is 6.27. The zero-order chi connectivity index (χ0) is 9.94. The van der Waals surface area contributed by atoms with Gasteiger partial charge in [-0.25, -0.2) is 0 Å². The molecule has 3 heteroatoms. The van der Waals surface area contributed by atoms with Crippen molar-refractivity contribution in [3.8, 4) is 0 Å². The fourth-order valence-electron chi connectivity index (χ4n) is 1.39. The molecule has 0 atom stereocenters. The Labute approximate surface area is 89.4 Å². The molecule has 0 spiro atoms. The van der Waals surface area contributed by atoms with E-state index in [1.54, 1.807) is 0 Å². The van der Waals surface area contributed by atoms with Crippen molar-refractivity contribution in [3.05, 3.63) is 0 Å².